The molecule has 1 N–H and O–H groups in total. The van der Waals surface area contributed by atoms with Gasteiger partial charge in [0.05, 0.1) is 37.9 Å². The maximum Gasteiger partial charge on any atom is 0.271 e. The van der Waals surface area contributed by atoms with E-state index in [1.807, 2.05) is 0 Å². The van der Waals surface area contributed by atoms with E-state index in [4.69, 9.17) is 21.1 Å². The Morgan fingerprint density at radius 3 is 2.38 bits per heavy atom. The number of ether oxygens (including phenoxy) is 2. The van der Waals surface area contributed by atoms with Gasteiger partial charge in [0.15, 0.2) is 6.61 Å². The Kier molecular flexibility index (Phi) is 9.75. The SMILES string of the molecule is CS(=O)(=O)N(Cc1ccccc1Cl)c1ccc(C(=O)N/N=C\c2ccc(OCC(=O)N3CCOCC3)cc2)cc1. The highest BCUT2D eigenvalue weighted by Crippen LogP contribution is 2.24. The minimum absolute atomic E-state index is 0.0514. The van der Waals surface area contributed by atoms with E-state index in [1.165, 1.54) is 22.7 Å². The predicted octanol–water partition coefficient (Wildman–Crippen LogP) is 3.31. The number of rotatable bonds is 10. The van der Waals surface area contributed by atoms with Crippen molar-refractivity contribution in [1.82, 2.24) is 10.3 Å². The van der Waals surface area contributed by atoms with E-state index in [2.05, 4.69) is 10.5 Å². The Morgan fingerprint density at radius 1 is 1.05 bits per heavy atom. The first-order valence-electron chi connectivity index (χ1n) is 12.4. The summed E-state index contributed by atoms with van der Waals surface area (Å²) in [6.45, 7) is 2.21. The Hall–Kier alpha value is -3.93. The number of anilines is 1. The third kappa shape index (κ3) is 8.04. The van der Waals surface area contributed by atoms with Crippen molar-refractivity contribution in [3.05, 3.63) is 94.5 Å². The summed E-state index contributed by atoms with van der Waals surface area (Å²) >= 11 is 6.21. The van der Waals surface area contributed by atoms with E-state index in [-0.39, 0.29) is 19.1 Å². The van der Waals surface area contributed by atoms with Gasteiger partial charge in [-0.3, -0.25) is 13.9 Å². The van der Waals surface area contributed by atoms with Crippen LogP contribution in [0, 0.1) is 0 Å². The summed E-state index contributed by atoms with van der Waals surface area (Å²) in [5.41, 5.74) is 4.53. The number of amides is 2. The van der Waals surface area contributed by atoms with Crippen LogP contribution < -0.4 is 14.5 Å². The molecule has 3 aromatic rings. The fourth-order valence-corrected chi connectivity index (χ4v) is 4.96. The molecule has 1 aliphatic rings. The van der Waals surface area contributed by atoms with Gasteiger partial charge in [-0.05, 0) is 65.7 Å². The molecular weight excluding hydrogens is 556 g/mol. The standard InChI is InChI=1S/C28H29ClN4O6S/c1-40(36,37)33(19-23-4-2-3-5-26(23)29)24-10-8-22(9-11-24)28(35)31-30-18-21-6-12-25(13-7-21)39-20-27(34)32-14-16-38-17-15-32/h2-13,18H,14-17,19-20H2,1H3,(H,31,35)/b30-18-. The molecule has 0 aromatic heterocycles. The van der Waals surface area contributed by atoms with Gasteiger partial charge in [0.1, 0.15) is 5.75 Å². The maximum absolute atomic E-state index is 12.5. The highest BCUT2D eigenvalue weighted by molar-refractivity contribution is 7.92. The van der Waals surface area contributed by atoms with Gasteiger partial charge < -0.3 is 14.4 Å². The smallest absolute Gasteiger partial charge is 0.271 e. The summed E-state index contributed by atoms with van der Waals surface area (Å²) in [5.74, 6) is -0.00347. The normalized spacial score (nSPS) is 13.7. The number of hydrazone groups is 1. The molecule has 40 heavy (non-hydrogen) atoms. The molecule has 0 atom stereocenters. The molecule has 0 saturated carbocycles. The Balaban J connectivity index is 1.30. The molecule has 12 heteroatoms. The number of benzene rings is 3. The lowest BCUT2D eigenvalue weighted by Gasteiger charge is -2.26. The second kappa shape index (κ2) is 13.4. The highest BCUT2D eigenvalue weighted by Gasteiger charge is 2.20. The highest BCUT2D eigenvalue weighted by atomic mass is 35.5. The number of sulfonamides is 1. The average Bonchev–Trinajstić information content (AvgIpc) is 2.96. The van der Waals surface area contributed by atoms with Crippen LogP contribution in [-0.4, -0.2) is 70.5 Å². The number of carbonyl (C=O) groups is 2. The summed E-state index contributed by atoms with van der Waals surface area (Å²) < 4.78 is 36.9. The minimum atomic E-state index is -3.61. The van der Waals surface area contributed by atoms with E-state index >= 15 is 0 Å². The van der Waals surface area contributed by atoms with Crippen LogP contribution in [0.15, 0.2) is 77.9 Å². The zero-order valence-corrected chi connectivity index (χ0v) is 23.4. The van der Waals surface area contributed by atoms with E-state index in [0.717, 1.165) is 6.26 Å². The van der Waals surface area contributed by atoms with E-state index in [0.29, 0.717) is 59.5 Å². The topological polar surface area (TPSA) is 118 Å². The molecule has 0 bridgehead atoms. The molecule has 3 aromatic carbocycles. The monoisotopic (exact) mass is 584 g/mol. The van der Waals surface area contributed by atoms with Gasteiger partial charge in [0, 0.05) is 23.7 Å². The van der Waals surface area contributed by atoms with Crippen molar-refractivity contribution in [1.29, 1.82) is 0 Å². The van der Waals surface area contributed by atoms with Gasteiger partial charge in [-0.15, -0.1) is 0 Å². The molecular formula is C28H29ClN4O6S. The fourth-order valence-electron chi connectivity index (χ4n) is 3.89. The zero-order chi connectivity index (χ0) is 28.5. The predicted molar refractivity (Wildman–Crippen MR) is 153 cm³/mol. The van der Waals surface area contributed by atoms with Gasteiger partial charge in [-0.1, -0.05) is 29.8 Å². The van der Waals surface area contributed by atoms with Crippen LogP contribution in [0.2, 0.25) is 5.02 Å². The van der Waals surface area contributed by atoms with E-state index < -0.39 is 15.9 Å². The fraction of sp³-hybridized carbons (Fsp3) is 0.250. The van der Waals surface area contributed by atoms with Gasteiger partial charge in [-0.2, -0.15) is 5.10 Å². The summed E-state index contributed by atoms with van der Waals surface area (Å²) in [5, 5.41) is 4.45. The van der Waals surface area contributed by atoms with Crippen molar-refractivity contribution in [2.75, 3.05) is 43.5 Å². The third-order valence-electron chi connectivity index (χ3n) is 6.08. The van der Waals surface area contributed by atoms with Crippen molar-refractivity contribution in [3.63, 3.8) is 0 Å². The second-order valence-corrected chi connectivity index (χ2v) is 11.3. The van der Waals surface area contributed by atoms with Crippen LogP contribution >= 0.6 is 11.6 Å². The van der Waals surface area contributed by atoms with Crippen molar-refractivity contribution in [3.8, 4) is 5.75 Å². The zero-order valence-electron chi connectivity index (χ0n) is 21.8. The summed E-state index contributed by atoms with van der Waals surface area (Å²) in [4.78, 5) is 26.4. The number of nitrogens with one attached hydrogen (secondary N) is 1. The number of hydrogen-bond donors (Lipinski definition) is 1. The molecule has 0 aliphatic carbocycles. The molecule has 1 heterocycles. The Labute approximate surface area is 238 Å². The maximum atomic E-state index is 12.5. The summed E-state index contributed by atoms with van der Waals surface area (Å²) in [7, 11) is -3.61. The molecule has 10 nitrogen and oxygen atoms in total. The van der Waals surface area contributed by atoms with E-state index in [1.54, 1.807) is 65.6 Å². The van der Waals surface area contributed by atoms with Gasteiger partial charge in [-0.25, -0.2) is 13.8 Å². The first kappa shape index (κ1) is 29.1. The summed E-state index contributed by atoms with van der Waals surface area (Å²) in [6, 6.07) is 20.1. The Bertz CT molecular complexity index is 1460. The molecule has 0 spiro atoms. The second-order valence-electron chi connectivity index (χ2n) is 8.96. The molecule has 0 unspecified atom stereocenters. The largest absolute Gasteiger partial charge is 0.484 e. The van der Waals surface area contributed by atoms with Crippen LogP contribution in [0.25, 0.3) is 0 Å². The van der Waals surface area contributed by atoms with Crippen molar-refractivity contribution < 1.29 is 27.5 Å². The molecule has 210 valence electrons. The van der Waals surface area contributed by atoms with Crippen LogP contribution in [0.3, 0.4) is 0 Å². The number of carbonyl (C=O) groups excluding carboxylic acids is 2. The number of halogens is 1. The molecule has 0 radical (unpaired) electrons. The quantitative estimate of drug-likeness (QED) is 0.289. The van der Waals surface area contributed by atoms with Crippen molar-refractivity contribution in [2.45, 2.75) is 6.54 Å². The lowest BCUT2D eigenvalue weighted by molar-refractivity contribution is -0.137. The van der Waals surface area contributed by atoms with Gasteiger partial charge in [0.2, 0.25) is 10.0 Å². The van der Waals surface area contributed by atoms with Crippen LogP contribution in [0.1, 0.15) is 21.5 Å². The number of nitrogens with zero attached hydrogens (tertiary/aromatic N) is 3. The lowest BCUT2D eigenvalue weighted by atomic mass is 10.2. The minimum Gasteiger partial charge on any atom is -0.484 e. The van der Waals surface area contributed by atoms with Crippen LogP contribution in [0.5, 0.6) is 5.75 Å². The lowest BCUT2D eigenvalue weighted by Crippen LogP contribution is -2.42. The van der Waals surface area contributed by atoms with E-state index in [9.17, 15) is 18.0 Å². The molecule has 4 rings (SSSR count). The van der Waals surface area contributed by atoms with Crippen LogP contribution in [0.4, 0.5) is 5.69 Å². The number of hydrogen-bond acceptors (Lipinski definition) is 7. The van der Waals surface area contributed by atoms with Gasteiger partial charge in [0.25, 0.3) is 11.8 Å². The first-order valence-corrected chi connectivity index (χ1v) is 14.7. The number of morpholine rings is 1. The van der Waals surface area contributed by atoms with Gasteiger partial charge >= 0.3 is 0 Å². The average molecular weight is 585 g/mol. The first-order chi connectivity index (χ1) is 19.2. The summed E-state index contributed by atoms with van der Waals surface area (Å²) in [6.07, 6.45) is 2.59. The molecule has 1 aliphatic heterocycles. The molecule has 1 fully saturated rings. The molecule has 2 amide bonds. The molecule has 1 saturated heterocycles. The third-order valence-corrected chi connectivity index (χ3v) is 7.58. The van der Waals surface area contributed by atoms with Crippen LogP contribution in [-0.2, 0) is 26.1 Å². The van der Waals surface area contributed by atoms with Crippen molar-refractivity contribution >= 4 is 45.3 Å². The van der Waals surface area contributed by atoms with Crippen molar-refractivity contribution in [2.24, 2.45) is 5.10 Å². The Morgan fingerprint density at radius 2 is 1.73 bits per heavy atom.